The number of carbonyl (C=O) groups excluding carboxylic acids is 1. The predicted octanol–water partition coefficient (Wildman–Crippen LogP) is 1.78. The zero-order chi connectivity index (χ0) is 14.2. The molecule has 0 atom stereocenters. The van der Waals surface area contributed by atoms with Gasteiger partial charge in [0.05, 0.1) is 25.5 Å². The number of amides is 1. The number of hydrogen-bond donors (Lipinski definition) is 1. The number of nitrogens with one attached hydrogen (secondary N) is 1. The lowest BCUT2D eigenvalue weighted by Gasteiger charge is -2.25. The molecular formula is C14H23N3O2S. The van der Waals surface area contributed by atoms with Gasteiger partial charge in [-0.1, -0.05) is 13.3 Å². The van der Waals surface area contributed by atoms with Crippen LogP contribution in [0.1, 0.15) is 36.9 Å². The lowest BCUT2D eigenvalue weighted by Crippen LogP contribution is -2.35. The largest absolute Gasteiger partial charge is 0.379 e. The van der Waals surface area contributed by atoms with E-state index in [0.717, 1.165) is 56.4 Å². The first-order valence-electron chi connectivity index (χ1n) is 7.28. The third-order valence-electron chi connectivity index (χ3n) is 3.28. The van der Waals surface area contributed by atoms with E-state index >= 15 is 0 Å². The Hall–Kier alpha value is -0.980. The Morgan fingerprint density at radius 1 is 1.50 bits per heavy atom. The standard InChI is InChI=1S/C14H23N3O2S/c1-2-3-4-13(18)15-9-14-16-12(11-20-14)10-17-5-7-19-8-6-17/h11H,2-10H2,1H3,(H,15,18). The molecule has 1 fully saturated rings. The van der Waals surface area contributed by atoms with Crippen LogP contribution in [0.25, 0.3) is 0 Å². The zero-order valence-electron chi connectivity index (χ0n) is 12.1. The van der Waals surface area contributed by atoms with E-state index in [9.17, 15) is 4.79 Å². The molecule has 112 valence electrons. The highest BCUT2D eigenvalue weighted by molar-refractivity contribution is 7.09. The van der Waals surface area contributed by atoms with E-state index in [2.05, 4.69) is 27.5 Å². The van der Waals surface area contributed by atoms with E-state index in [1.807, 2.05) is 0 Å². The summed E-state index contributed by atoms with van der Waals surface area (Å²) >= 11 is 1.62. The normalized spacial score (nSPS) is 16.2. The molecular weight excluding hydrogens is 274 g/mol. The highest BCUT2D eigenvalue weighted by atomic mass is 32.1. The quantitative estimate of drug-likeness (QED) is 0.833. The summed E-state index contributed by atoms with van der Waals surface area (Å²) in [5.41, 5.74) is 1.09. The minimum Gasteiger partial charge on any atom is -0.379 e. The number of aromatic nitrogens is 1. The van der Waals surface area contributed by atoms with E-state index in [1.54, 1.807) is 11.3 Å². The molecule has 1 amide bonds. The molecule has 0 aliphatic carbocycles. The molecule has 1 aliphatic rings. The Bertz CT molecular complexity index is 416. The Labute approximate surface area is 124 Å². The number of thiazole rings is 1. The molecule has 0 radical (unpaired) electrons. The molecule has 2 rings (SSSR count). The van der Waals surface area contributed by atoms with Crippen molar-refractivity contribution in [2.24, 2.45) is 0 Å². The number of rotatable bonds is 7. The summed E-state index contributed by atoms with van der Waals surface area (Å²) in [5, 5.41) is 6.00. The Kier molecular flexibility index (Phi) is 6.42. The molecule has 1 aromatic rings. The molecule has 0 spiro atoms. The van der Waals surface area contributed by atoms with Crippen LogP contribution >= 0.6 is 11.3 Å². The third-order valence-corrected chi connectivity index (χ3v) is 4.18. The summed E-state index contributed by atoms with van der Waals surface area (Å²) in [6.07, 6.45) is 2.61. The van der Waals surface area contributed by atoms with Crippen molar-refractivity contribution in [1.82, 2.24) is 15.2 Å². The van der Waals surface area contributed by atoms with E-state index in [1.165, 1.54) is 0 Å². The van der Waals surface area contributed by atoms with Crippen LogP contribution in [0.3, 0.4) is 0 Å². The topological polar surface area (TPSA) is 54.5 Å². The second-order valence-electron chi connectivity index (χ2n) is 5.00. The molecule has 1 aliphatic heterocycles. The van der Waals surface area contributed by atoms with Crippen molar-refractivity contribution in [1.29, 1.82) is 0 Å². The first kappa shape index (κ1) is 15.4. The molecule has 0 unspecified atom stereocenters. The van der Waals surface area contributed by atoms with Gasteiger partial charge in [-0.3, -0.25) is 9.69 Å². The number of carbonyl (C=O) groups is 1. The molecule has 1 N–H and O–H groups in total. The fourth-order valence-electron chi connectivity index (χ4n) is 2.09. The summed E-state index contributed by atoms with van der Waals surface area (Å²) in [7, 11) is 0. The predicted molar refractivity (Wildman–Crippen MR) is 79.6 cm³/mol. The molecule has 1 aromatic heterocycles. The van der Waals surface area contributed by atoms with Crippen molar-refractivity contribution >= 4 is 17.2 Å². The Morgan fingerprint density at radius 3 is 3.05 bits per heavy atom. The fourth-order valence-corrected chi connectivity index (χ4v) is 2.82. The van der Waals surface area contributed by atoms with Gasteiger partial charge in [0.25, 0.3) is 0 Å². The SMILES string of the molecule is CCCCC(=O)NCc1nc(CN2CCOCC2)cs1. The van der Waals surface area contributed by atoms with E-state index in [-0.39, 0.29) is 5.91 Å². The fraction of sp³-hybridized carbons (Fsp3) is 0.714. The average molecular weight is 297 g/mol. The van der Waals surface area contributed by atoms with Crippen molar-refractivity contribution in [2.45, 2.75) is 39.3 Å². The second-order valence-corrected chi connectivity index (χ2v) is 5.94. The van der Waals surface area contributed by atoms with Gasteiger partial charge in [-0.2, -0.15) is 0 Å². The maximum Gasteiger partial charge on any atom is 0.220 e. The maximum atomic E-state index is 11.5. The first-order chi connectivity index (χ1) is 9.78. The van der Waals surface area contributed by atoms with Gasteiger partial charge in [0.15, 0.2) is 0 Å². The lowest BCUT2D eigenvalue weighted by atomic mass is 10.2. The van der Waals surface area contributed by atoms with Gasteiger partial charge in [-0.25, -0.2) is 4.98 Å². The van der Waals surface area contributed by atoms with Crippen LogP contribution < -0.4 is 5.32 Å². The van der Waals surface area contributed by atoms with Gasteiger partial charge >= 0.3 is 0 Å². The second kappa shape index (κ2) is 8.34. The van der Waals surface area contributed by atoms with Crippen LogP contribution in [0.5, 0.6) is 0 Å². The summed E-state index contributed by atoms with van der Waals surface area (Å²) in [6.45, 7) is 7.09. The molecule has 5 nitrogen and oxygen atoms in total. The van der Waals surface area contributed by atoms with Crippen LogP contribution in [-0.4, -0.2) is 42.1 Å². The zero-order valence-corrected chi connectivity index (χ0v) is 12.9. The molecule has 0 bridgehead atoms. The van der Waals surface area contributed by atoms with Crippen LogP contribution in [-0.2, 0) is 22.6 Å². The van der Waals surface area contributed by atoms with Crippen LogP contribution in [0, 0.1) is 0 Å². The van der Waals surface area contributed by atoms with Crippen molar-refractivity contribution in [3.63, 3.8) is 0 Å². The lowest BCUT2D eigenvalue weighted by molar-refractivity contribution is -0.121. The summed E-state index contributed by atoms with van der Waals surface area (Å²) < 4.78 is 5.33. The van der Waals surface area contributed by atoms with Crippen molar-refractivity contribution < 1.29 is 9.53 Å². The maximum absolute atomic E-state index is 11.5. The van der Waals surface area contributed by atoms with E-state index < -0.39 is 0 Å². The average Bonchev–Trinajstić information content (AvgIpc) is 2.91. The van der Waals surface area contributed by atoms with Crippen LogP contribution in [0.2, 0.25) is 0 Å². The summed E-state index contributed by atoms with van der Waals surface area (Å²) in [5.74, 6) is 0.122. The van der Waals surface area contributed by atoms with Gasteiger partial charge in [0.2, 0.25) is 5.91 Å². The first-order valence-corrected chi connectivity index (χ1v) is 8.16. The molecule has 6 heteroatoms. The number of morpholine rings is 1. The minimum atomic E-state index is 0.122. The van der Waals surface area contributed by atoms with Crippen molar-refractivity contribution in [3.8, 4) is 0 Å². The van der Waals surface area contributed by atoms with Gasteiger partial charge < -0.3 is 10.1 Å². The van der Waals surface area contributed by atoms with Crippen molar-refractivity contribution in [2.75, 3.05) is 26.3 Å². The number of hydrogen-bond acceptors (Lipinski definition) is 5. The van der Waals surface area contributed by atoms with Crippen LogP contribution in [0.4, 0.5) is 0 Å². The number of nitrogens with zero attached hydrogens (tertiary/aromatic N) is 2. The minimum absolute atomic E-state index is 0.122. The number of unbranched alkanes of at least 4 members (excludes halogenated alkanes) is 1. The summed E-state index contributed by atoms with van der Waals surface area (Å²) in [4.78, 5) is 18.5. The molecule has 0 saturated carbocycles. The monoisotopic (exact) mass is 297 g/mol. The molecule has 20 heavy (non-hydrogen) atoms. The Morgan fingerprint density at radius 2 is 2.30 bits per heavy atom. The smallest absolute Gasteiger partial charge is 0.220 e. The van der Waals surface area contributed by atoms with Gasteiger partial charge in [-0.05, 0) is 6.42 Å². The molecule has 1 saturated heterocycles. The third kappa shape index (κ3) is 5.19. The van der Waals surface area contributed by atoms with Gasteiger partial charge in [-0.15, -0.1) is 11.3 Å². The van der Waals surface area contributed by atoms with E-state index in [0.29, 0.717) is 13.0 Å². The summed E-state index contributed by atoms with van der Waals surface area (Å²) in [6, 6.07) is 0. The van der Waals surface area contributed by atoms with Crippen molar-refractivity contribution in [3.05, 3.63) is 16.1 Å². The van der Waals surface area contributed by atoms with Crippen LogP contribution in [0.15, 0.2) is 5.38 Å². The van der Waals surface area contributed by atoms with E-state index in [4.69, 9.17) is 4.74 Å². The number of ether oxygens (including phenoxy) is 1. The van der Waals surface area contributed by atoms with Gasteiger partial charge in [0, 0.05) is 31.4 Å². The Balaban J connectivity index is 1.72. The molecule has 0 aromatic carbocycles. The highest BCUT2D eigenvalue weighted by Gasteiger charge is 2.12. The van der Waals surface area contributed by atoms with Gasteiger partial charge in [0.1, 0.15) is 5.01 Å². The molecule has 2 heterocycles. The highest BCUT2D eigenvalue weighted by Crippen LogP contribution is 2.12.